The molecule has 0 saturated heterocycles. The van der Waals surface area contributed by atoms with Crippen molar-refractivity contribution in [2.45, 2.75) is 41.0 Å². The van der Waals surface area contributed by atoms with Gasteiger partial charge in [0.25, 0.3) is 0 Å². The van der Waals surface area contributed by atoms with E-state index in [2.05, 4.69) is 34.7 Å². The number of anilines is 2. The van der Waals surface area contributed by atoms with Gasteiger partial charge in [0, 0.05) is 12.0 Å². The summed E-state index contributed by atoms with van der Waals surface area (Å²) in [6.07, 6.45) is 1.09. The number of aromatic nitrogens is 2. The van der Waals surface area contributed by atoms with Crippen LogP contribution in [0.2, 0.25) is 0 Å². The molecule has 1 amide bonds. The first-order valence-corrected chi connectivity index (χ1v) is 6.68. The van der Waals surface area contributed by atoms with Crippen LogP contribution in [0.15, 0.2) is 12.1 Å². The van der Waals surface area contributed by atoms with E-state index < -0.39 is 5.41 Å². The Hall–Kier alpha value is -1.65. The number of amides is 1. The molecule has 5 nitrogen and oxygen atoms in total. The maximum atomic E-state index is 11.8. The van der Waals surface area contributed by atoms with Gasteiger partial charge in [0.2, 0.25) is 5.91 Å². The van der Waals surface area contributed by atoms with Crippen molar-refractivity contribution in [3.63, 3.8) is 0 Å². The number of hydrogen-bond donors (Lipinski definition) is 2. The highest BCUT2D eigenvalue weighted by atomic mass is 16.2. The number of nitrogens with zero attached hydrogens (tertiary/aromatic N) is 2. The summed E-state index contributed by atoms with van der Waals surface area (Å²) in [6, 6.07) is 3.58. The van der Waals surface area contributed by atoms with Crippen LogP contribution in [-0.4, -0.2) is 22.6 Å². The van der Waals surface area contributed by atoms with Crippen molar-refractivity contribution in [1.29, 1.82) is 0 Å². The van der Waals surface area contributed by atoms with Gasteiger partial charge in [-0.1, -0.05) is 34.6 Å². The molecule has 1 rings (SSSR count). The van der Waals surface area contributed by atoms with Crippen molar-refractivity contribution in [2.75, 3.05) is 17.2 Å². The molecule has 0 radical (unpaired) electrons. The van der Waals surface area contributed by atoms with E-state index in [1.807, 2.05) is 26.8 Å². The van der Waals surface area contributed by atoms with Gasteiger partial charge in [-0.2, -0.15) is 0 Å². The zero-order valence-corrected chi connectivity index (χ0v) is 12.4. The van der Waals surface area contributed by atoms with Crippen molar-refractivity contribution in [1.82, 2.24) is 10.2 Å². The van der Waals surface area contributed by atoms with E-state index in [1.54, 1.807) is 6.07 Å². The Morgan fingerprint density at radius 1 is 1.21 bits per heavy atom. The van der Waals surface area contributed by atoms with Crippen LogP contribution in [0, 0.1) is 11.3 Å². The van der Waals surface area contributed by atoms with E-state index in [4.69, 9.17) is 0 Å². The van der Waals surface area contributed by atoms with E-state index >= 15 is 0 Å². The number of carbonyl (C=O) groups is 1. The SMILES string of the molecule is CC(C)CCNc1ccc(NC(=O)C(C)(C)C)nn1. The minimum atomic E-state index is -0.435. The summed E-state index contributed by atoms with van der Waals surface area (Å²) >= 11 is 0. The summed E-state index contributed by atoms with van der Waals surface area (Å²) in [6.45, 7) is 10.8. The molecule has 1 heterocycles. The van der Waals surface area contributed by atoms with Crippen molar-refractivity contribution in [3.05, 3.63) is 12.1 Å². The Labute approximate surface area is 115 Å². The van der Waals surface area contributed by atoms with Gasteiger partial charge < -0.3 is 10.6 Å². The summed E-state index contributed by atoms with van der Waals surface area (Å²) in [7, 11) is 0. The van der Waals surface area contributed by atoms with E-state index in [0.717, 1.165) is 18.8 Å². The fourth-order valence-electron chi connectivity index (χ4n) is 1.29. The third-order valence-corrected chi connectivity index (χ3v) is 2.62. The van der Waals surface area contributed by atoms with Crippen LogP contribution in [0.1, 0.15) is 41.0 Å². The molecule has 0 atom stereocenters. The Kier molecular flexibility index (Phi) is 5.27. The molecule has 0 aromatic carbocycles. The summed E-state index contributed by atoms with van der Waals surface area (Å²) < 4.78 is 0. The highest BCUT2D eigenvalue weighted by molar-refractivity contribution is 5.93. The molecule has 0 saturated carbocycles. The predicted molar refractivity (Wildman–Crippen MR) is 78.1 cm³/mol. The van der Waals surface area contributed by atoms with Crippen molar-refractivity contribution in [3.8, 4) is 0 Å². The Morgan fingerprint density at radius 3 is 2.26 bits per heavy atom. The quantitative estimate of drug-likeness (QED) is 0.858. The molecule has 5 heteroatoms. The number of carbonyl (C=O) groups excluding carboxylic acids is 1. The van der Waals surface area contributed by atoms with E-state index in [9.17, 15) is 4.79 Å². The second-order valence-electron chi connectivity index (χ2n) is 6.12. The minimum absolute atomic E-state index is 0.0673. The zero-order chi connectivity index (χ0) is 14.5. The molecule has 0 bridgehead atoms. The second-order valence-corrected chi connectivity index (χ2v) is 6.12. The zero-order valence-electron chi connectivity index (χ0n) is 12.4. The van der Waals surface area contributed by atoms with Crippen LogP contribution in [0.3, 0.4) is 0 Å². The smallest absolute Gasteiger partial charge is 0.230 e. The molecule has 0 aliphatic rings. The monoisotopic (exact) mass is 264 g/mol. The fraction of sp³-hybridized carbons (Fsp3) is 0.643. The number of hydrogen-bond acceptors (Lipinski definition) is 4. The fourth-order valence-corrected chi connectivity index (χ4v) is 1.29. The van der Waals surface area contributed by atoms with E-state index in [0.29, 0.717) is 11.7 Å². The maximum Gasteiger partial charge on any atom is 0.230 e. The molecule has 0 aliphatic carbocycles. The van der Waals surface area contributed by atoms with Gasteiger partial charge in [-0.05, 0) is 24.5 Å². The van der Waals surface area contributed by atoms with Gasteiger partial charge in [0.05, 0.1) is 0 Å². The van der Waals surface area contributed by atoms with Crippen molar-refractivity contribution < 1.29 is 4.79 Å². The molecule has 0 spiro atoms. The lowest BCUT2D eigenvalue weighted by atomic mass is 9.96. The lowest BCUT2D eigenvalue weighted by Crippen LogP contribution is -2.28. The molecule has 0 fully saturated rings. The van der Waals surface area contributed by atoms with Gasteiger partial charge in [0.1, 0.15) is 5.82 Å². The van der Waals surface area contributed by atoms with Crippen LogP contribution in [0.4, 0.5) is 11.6 Å². The van der Waals surface area contributed by atoms with Gasteiger partial charge in [0.15, 0.2) is 5.82 Å². The molecular weight excluding hydrogens is 240 g/mol. The standard InChI is InChI=1S/C14H24N4O/c1-10(2)8-9-15-11-6-7-12(18-17-11)16-13(19)14(3,4)5/h6-7,10H,8-9H2,1-5H3,(H,15,17)(H,16,18,19). The molecular formula is C14H24N4O. The highest BCUT2D eigenvalue weighted by Gasteiger charge is 2.21. The van der Waals surface area contributed by atoms with Crippen LogP contribution < -0.4 is 10.6 Å². The molecule has 0 unspecified atom stereocenters. The number of nitrogens with one attached hydrogen (secondary N) is 2. The van der Waals surface area contributed by atoms with Crippen LogP contribution in [0.5, 0.6) is 0 Å². The first kappa shape index (κ1) is 15.4. The number of rotatable bonds is 5. The largest absolute Gasteiger partial charge is 0.369 e. The Bertz CT molecular complexity index is 406. The summed E-state index contributed by atoms with van der Waals surface area (Å²) in [5.74, 6) is 1.80. The summed E-state index contributed by atoms with van der Waals surface area (Å²) in [4.78, 5) is 11.8. The normalized spacial score (nSPS) is 11.5. The van der Waals surface area contributed by atoms with Crippen molar-refractivity contribution in [2.24, 2.45) is 11.3 Å². The molecule has 19 heavy (non-hydrogen) atoms. The first-order chi connectivity index (χ1) is 8.79. The average molecular weight is 264 g/mol. The maximum absolute atomic E-state index is 11.8. The molecule has 0 aliphatic heterocycles. The van der Waals surface area contributed by atoms with Gasteiger partial charge in [-0.25, -0.2) is 0 Å². The first-order valence-electron chi connectivity index (χ1n) is 6.68. The second kappa shape index (κ2) is 6.50. The van der Waals surface area contributed by atoms with Gasteiger partial charge in [-0.15, -0.1) is 10.2 Å². The summed E-state index contributed by atoms with van der Waals surface area (Å²) in [5.41, 5.74) is -0.435. The lowest BCUT2D eigenvalue weighted by molar-refractivity contribution is -0.123. The third-order valence-electron chi connectivity index (χ3n) is 2.62. The lowest BCUT2D eigenvalue weighted by Gasteiger charge is -2.16. The summed E-state index contributed by atoms with van der Waals surface area (Å²) in [5, 5.41) is 14.0. The average Bonchev–Trinajstić information content (AvgIpc) is 2.29. The topological polar surface area (TPSA) is 66.9 Å². The predicted octanol–water partition coefficient (Wildman–Crippen LogP) is 2.92. The highest BCUT2D eigenvalue weighted by Crippen LogP contribution is 2.16. The van der Waals surface area contributed by atoms with E-state index in [-0.39, 0.29) is 5.91 Å². The van der Waals surface area contributed by atoms with Crippen LogP contribution in [0.25, 0.3) is 0 Å². The van der Waals surface area contributed by atoms with Gasteiger partial charge in [-0.3, -0.25) is 4.79 Å². The molecule has 2 N–H and O–H groups in total. The Morgan fingerprint density at radius 2 is 1.79 bits per heavy atom. The van der Waals surface area contributed by atoms with Crippen molar-refractivity contribution >= 4 is 17.5 Å². The molecule has 1 aromatic heterocycles. The molecule has 1 aromatic rings. The Balaban J connectivity index is 2.50. The third kappa shape index (κ3) is 5.68. The van der Waals surface area contributed by atoms with Gasteiger partial charge >= 0.3 is 0 Å². The molecule has 106 valence electrons. The minimum Gasteiger partial charge on any atom is -0.369 e. The van der Waals surface area contributed by atoms with E-state index in [1.165, 1.54) is 0 Å². The van der Waals surface area contributed by atoms with Crippen LogP contribution >= 0.6 is 0 Å². The van der Waals surface area contributed by atoms with Crippen LogP contribution in [-0.2, 0) is 4.79 Å².